The number of hydrogen-bond donors (Lipinski definition) is 3. The van der Waals surface area contributed by atoms with E-state index < -0.39 is 5.60 Å². The Morgan fingerprint density at radius 2 is 2.38 bits per heavy atom. The molecule has 2 atom stereocenters. The standard InChI is InChI=1S/C18H20N4O2/c1-13-4-2-5-14(10-13)7-9-18(24)8-3-6-15(11-18)21-17(23)16-19-12-20-22-16/h2,4-5,10,12,15,24H,3,6,8,11H2,1H3,(H,21,23)(H,19,20,22)/t15-,18+/m1/s1. The average molecular weight is 324 g/mol. The lowest BCUT2D eigenvalue weighted by Gasteiger charge is -2.33. The molecule has 0 saturated heterocycles. The van der Waals surface area contributed by atoms with Gasteiger partial charge in [-0.05, 0) is 43.9 Å². The van der Waals surface area contributed by atoms with Gasteiger partial charge >= 0.3 is 0 Å². The van der Waals surface area contributed by atoms with Crippen LogP contribution < -0.4 is 5.32 Å². The molecule has 6 nitrogen and oxygen atoms in total. The summed E-state index contributed by atoms with van der Waals surface area (Å²) in [4.78, 5) is 15.9. The van der Waals surface area contributed by atoms with Crippen molar-refractivity contribution in [1.82, 2.24) is 20.5 Å². The summed E-state index contributed by atoms with van der Waals surface area (Å²) in [5.41, 5.74) is 0.937. The van der Waals surface area contributed by atoms with Gasteiger partial charge in [-0.1, -0.05) is 24.0 Å². The number of aryl methyl sites for hydroxylation is 1. The van der Waals surface area contributed by atoms with E-state index in [1.807, 2.05) is 31.2 Å². The molecule has 1 amide bonds. The summed E-state index contributed by atoms with van der Waals surface area (Å²) >= 11 is 0. The number of benzene rings is 1. The minimum atomic E-state index is -1.08. The maximum atomic E-state index is 12.0. The third kappa shape index (κ3) is 4.00. The largest absolute Gasteiger partial charge is 0.378 e. The summed E-state index contributed by atoms with van der Waals surface area (Å²) in [6.45, 7) is 2.01. The highest BCUT2D eigenvalue weighted by atomic mass is 16.3. The summed E-state index contributed by atoms with van der Waals surface area (Å²) in [6, 6.07) is 7.74. The van der Waals surface area contributed by atoms with Crippen molar-refractivity contribution < 1.29 is 9.90 Å². The van der Waals surface area contributed by atoms with Gasteiger partial charge in [0.2, 0.25) is 5.82 Å². The van der Waals surface area contributed by atoms with Crippen LogP contribution in [0.1, 0.15) is 47.4 Å². The second-order valence-corrected chi connectivity index (χ2v) is 6.25. The third-order valence-electron chi connectivity index (χ3n) is 4.15. The van der Waals surface area contributed by atoms with Gasteiger partial charge in [-0.2, -0.15) is 5.10 Å². The van der Waals surface area contributed by atoms with Gasteiger partial charge in [-0.15, -0.1) is 0 Å². The van der Waals surface area contributed by atoms with Crippen molar-refractivity contribution in [2.45, 2.75) is 44.2 Å². The number of hydrogen-bond acceptors (Lipinski definition) is 4. The predicted octanol–water partition coefficient (Wildman–Crippen LogP) is 1.57. The lowest BCUT2D eigenvalue weighted by atomic mass is 9.82. The molecule has 24 heavy (non-hydrogen) atoms. The highest BCUT2D eigenvalue weighted by Gasteiger charge is 2.33. The molecule has 0 aliphatic heterocycles. The Kier molecular flexibility index (Phi) is 4.63. The fourth-order valence-electron chi connectivity index (χ4n) is 2.97. The zero-order valence-corrected chi connectivity index (χ0v) is 13.5. The quantitative estimate of drug-likeness (QED) is 0.731. The number of aliphatic hydroxyl groups is 1. The first-order chi connectivity index (χ1) is 11.5. The van der Waals surface area contributed by atoms with Crippen molar-refractivity contribution in [2.75, 3.05) is 0 Å². The van der Waals surface area contributed by atoms with E-state index in [-0.39, 0.29) is 17.8 Å². The van der Waals surface area contributed by atoms with Crippen LogP contribution in [-0.2, 0) is 0 Å². The number of aromatic nitrogens is 3. The van der Waals surface area contributed by atoms with E-state index in [0.717, 1.165) is 24.0 Å². The van der Waals surface area contributed by atoms with Crippen molar-refractivity contribution in [3.63, 3.8) is 0 Å². The number of nitrogens with one attached hydrogen (secondary N) is 2. The van der Waals surface area contributed by atoms with Crippen molar-refractivity contribution in [2.24, 2.45) is 0 Å². The first kappa shape index (κ1) is 16.2. The summed E-state index contributed by atoms with van der Waals surface area (Å²) in [7, 11) is 0. The van der Waals surface area contributed by atoms with Gasteiger partial charge in [0, 0.05) is 18.0 Å². The molecule has 3 rings (SSSR count). The van der Waals surface area contributed by atoms with Gasteiger partial charge in [0.1, 0.15) is 11.9 Å². The average Bonchev–Trinajstić information content (AvgIpc) is 3.08. The summed E-state index contributed by atoms with van der Waals surface area (Å²) in [6.07, 6.45) is 3.93. The van der Waals surface area contributed by atoms with E-state index in [9.17, 15) is 9.90 Å². The molecule has 2 aromatic rings. The second-order valence-electron chi connectivity index (χ2n) is 6.25. The Hall–Kier alpha value is -2.65. The van der Waals surface area contributed by atoms with Crippen molar-refractivity contribution >= 4 is 5.91 Å². The Labute approximate surface area is 140 Å². The normalized spacial score (nSPS) is 23.2. The van der Waals surface area contributed by atoms with Crippen molar-refractivity contribution in [3.8, 4) is 11.8 Å². The second kappa shape index (κ2) is 6.85. The summed E-state index contributed by atoms with van der Waals surface area (Å²) in [5.74, 6) is 5.92. The van der Waals surface area contributed by atoms with Crippen LogP contribution in [0.15, 0.2) is 30.6 Å². The fraction of sp³-hybridized carbons (Fsp3) is 0.389. The smallest absolute Gasteiger partial charge is 0.288 e. The SMILES string of the molecule is Cc1cccc(C#C[C@@]2(O)CCC[C@@H](NC(=O)c3ncn[nH]3)C2)c1. The van der Waals surface area contributed by atoms with Gasteiger partial charge in [-0.25, -0.2) is 4.98 Å². The number of carbonyl (C=O) groups is 1. The minimum absolute atomic E-state index is 0.131. The van der Waals surface area contributed by atoms with Crippen LogP contribution in [0.25, 0.3) is 0 Å². The number of H-pyrrole nitrogens is 1. The van der Waals surface area contributed by atoms with Crippen LogP contribution in [-0.4, -0.2) is 37.8 Å². The first-order valence-electron chi connectivity index (χ1n) is 8.02. The fourth-order valence-corrected chi connectivity index (χ4v) is 2.97. The van der Waals surface area contributed by atoms with Crippen LogP contribution in [0, 0.1) is 18.8 Å². The molecule has 0 bridgehead atoms. The van der Waals surface area contributed by atoms with Gasteiger partial charge in [0.05, 0.1) is 0 Å². The van der Waals surface area contributed by atoms with Crippen molar-refractivity contribution in [3.05, 3.63) is 47.5 Å². The molecule has 1 saturated carbocycles. The maximum Gasteiger partial charge on any atom is 0.288 e. The van der Waals surface area contributed by atoms with Crippen LogP contribution in [0.2, 0.25) is 0 Å². The maximum absolute atomic E-state index is 12.0. The molecule has 3 N–H and O–H groups in total. The van der Waals surface area contributed by atoms with E-state index in [0.29, 0.717) is 12.8 Å². The van der Waals surface area contributed by atoms with Crippen LogP contribution >= 0.6 is 0 Å². The molecular weight excluding hydrogens is 304 g/mol. The molecular formula is C18H20N4O2. The third-order valence-corrected chi connectivity index (χ3v) is 4.15. The molecule has 1 aliphatic carbocycles. The summed E-state index contributed by atoms with van der Waals surface area (Å²) < 4.78 is 0. The van der Waals surface area contributed by atoms with Crippen molar-refractivity contribution in [1.29, 1.82) is 0 Å². The number of nitrogens with zero attached hydrogens (tertiary/aromatic N) is 2. The minimum Gasteiger partial charge on any atom is -0.378 e. The van der Waals surface area contributed by atoms with E-state index in [1.54, 1.807) is 0 Å². The van der Waals surface area contributed by atoms with Crippen LogP contribution in [0.5, 0.6) is 0 Å². The number of amides is 1. The van der Waals surface area contributed by atoms with Gasteiger partial charge in [-0.3, -0.25) is 9.89 Å². The molecule has 1 aromatic heterocycles. The van der Waals surface area contributed by atoms with Crippen LogP contribution in [0.3, 0.4) is 0 Å². The Bertz CT molecular complexity index is 776. The van der Waals surface area contributed by atoms with Gasteiger partial charge in [0.25, 0.3) is 5.91 Å². The first-order valence-corrected chi connectivity index (χ1v) is 8.02. The Morgan fingerprint density at radius 1 is 1.50 bits per heavy atom. The topological polar surface area (TPSA) is 90.9 Å². The highest BCUT2D eigenvalue weighted by Crippen LogP contribution is 2.28. The number of rotatable bonds is 2. The lowest BCUT2D eigenvalue weighted by molar-refractivity contribution is 0.0450. The molecule has 1 aliphatic rings. The predicted molar refractivity (Wildman–Crippen MR) is 89.1 cm³/mol. The molecule has 0 spiro atoms. The Morgan fingerprint density at radius 3 is 3.12 bits per heavy atom. The number of aromatic amines is 1. The summed E-state index contributed by atoms with van der Waals surface area (Å²) in [5, 5.41) is 19.8. The zero-order valence-electron chi connectivity index (χ0n) is 13.5. The van der Waals surface area contributed by atoms with E-state index in [1.165, 1.54) is 6.33 Å². The molecule has 6 heteroatoms. The van der Waals surface area contributed by atoms with E-state index >= 15 is 0 Å². The zero-order chi connectivity index (χ0) is 17.0. The van der Waals surface area contributed by atoms with Gasteiger partial charge < -0.3 is 10.4 Å². The molecule has 124 valence electrons. The molecule has 1 fully saturated rings. The van der Waals surface area contributed by atoms with Crippen LogP contribution in [0.4, 0.5) is 0 Å². The molecule has 1 aromatic carbocycles. The molecule has 0 unspecified atom stereocenters. The number of carbonyl (C=O) groups excluding carboxylic acids is 1. The molecule has 0 radical (unpaired) electrons. The van der Waals surface area contributed by atoms with E-state index in [4.69, 9.17) is 0 Å². The van der Waals surface area contributed by atoms with E-state index in [2.05, 4.69) is 32.3 Å². The lowest BCUT2D eigenvalue weighted by Crippen LogP contribution is -2.45. The Balaban J connectivity index is 1.67. The van der Waals surface area contributed by atoms with Gasteiger partial charge in [0.15, 0.2) is 0 Å². The monoisotopic (exact) mass is 324 g/mol. The highest BCUT2D eigenvalue weighted by molar-refractivity contribution is 5.90. The molecule has 1 heterocycles.